The van der Waals surface area contributed by atoms with Crippen molar-refractivity contribution in [2.24, 2.45) is 0 Å². The van der Waals surface area contributed by atoms with Gasteiger partial charge < -0.3 is 5.73 Å². The summed E-state index contributed by atoms with van der Waals surface area (Å²) in [5, 5.41) is 9.10. The predicted molar refractivity (Wildman–Crippen MR) is 77.1 cm³/mol. The molecule has 102 valence electrons. The van der Waals surface area contributed by atoms with Gasteiger partial charge in [0.2, 0.25) is 0 Å². The van der Waals surface area contributed by atoms with E-state index in [0.717, 1.165) is 6.07 Å². The molecule has 0 saturated carbocycles. The summed E-state index contributed by atoms with van der Waals surface area (Å²) in [5.74, 6) is -0.497. The third-order valence-electron chi connectivity index (χ3n) is 2.61. The average molecular weight is 309 g/mol. The van der Waals surface area contributed by atoms with Crippen LogP contribution in [0.4, 0.5) is 10.1 Å². The maximum absolute atomic E-state index is 13.3. The van der Waals surface area contributed by atoms with Gasteiger partial charge in [-0.2, -0.15) is 5.26 Å². The third-order valence-corrected chi connectivity index (χ3v) is 4.54. The zero-order valence-electron chi connectivity index (χ0n) is 10.3. The molecule has 0 fully saturated rings. The summed E-state index contributed by atoms with van der Waals surface area (Å²) in [6.07, 6.45) is 0. The van der Waals surface area contributed by atoms with Gasteiger partial charge in [-0.1, -0.05) is 17.7 Å². The van der Waals surface area contributed by atoms with E-state index in [9.17, 15) is 8.60 Å². The molecule has 0 aliphatic rings. The molecular weight excluding hydrogens is 299 g/mol. The highest BCUT2D eigenvalue weighted by atomic mass is 35.5. The molecule has 6 heteroatoms. The van der Waals surface area contributed by atoms with Crippen LogP contribution in [0.15, 0.2) is 41.3 Å². The van der Waals surface area contributed by atoms with Gasteiger partial charge in [0.15, 0.2) is 0 Å². The lowest BCUT2D eigenvalue weighted by atomic mass is 10.1. The molecule has 1 atom stereocenters. The molecule has 0 radical (unpaired) electrons. The van der Waals surface area contributed by atoms with Crippen LogP contribution in [0, 0.1) is 17.1 Å². The Kier molecular flexibility index (Phi) is 4.38. The molecule has 2 aromatic rings. The first-order chi connectivity index (χ1) is 9.51. The van der Waals surface area contributed by atoms with Crippen molar-refractivity contribution in [3.05, 3.63) is 58.4 Å². The number of anilines is 1. The number of hydrogen-bond acceptors (Lipinski definition) is 3. The molecular formula is C14H10ClFN2OS. The second kappa shape index (κ2) is 6.04. The lowest BCUT2D eigenvalue weighted by molar-refractivity contribution is 0.625. The van der Waals surface area contributed by atoms with Crippen molar-refractivity contribution < 1.29 is 8.60 Å². The van der Waals surface area contributed by atoms with Crippen molar-refractivity contribution >= 4 is 28.1 Å². The number of rotatable bonds is 3. The number of hydrogen-bond donors (Lipinski definition) is 1. The lowest BCUT2D eigenvalue weighted by Crippen LogP contribution is -2.02. The minimum absolute atomic E-state index is 0.0420. The van der Waals surface area contributed by atoms with Gasteiger partial charge in [-0.05, 0) is 35.9 Å². The van der Waals surface area contributed by atoms with E-state index < -0.39 is 16.6 Å². The summed E-state index contributed by atoms with van der Waals surface area (Å²) < 4.78 is 25.6. The lowest BCUT2D eigenvalue weighted by Gasteiger charge is -2.08. The Labute approximate surface area is 123 Å². The second-order valence-corrected chi connectivity index (χ2v) is 5.90. The Bertz CT molecular complexity index is 707. The zero-order chi connectivity index (χ0) is 14.7. The largest absolute Gasteiger partial charge is 0.398 e. The first-order valence-electron chi connectivity index (χ1n) is 5.63. The summed E-state index contributed by atoms with van der Waals surface area (Å²) >= 11 is 5.98. The minimum atomic E-state index is -1.51. The number of nitrogen functional groups attached to an aromatic ring is 1. The van der Waals surface area contributed by atoms with Crippen LogP contribution in [0.2, 0.25) is 5.02 Å². The van der Waals surface area contributed by atoms with Crippen molar-refractivity contribution in [1.29, 1.82) is 5.26 Å². The van der Waals surface area contributed by atoms with E-state index in [-0.39, 0.29) is 11.3 Å². The molecule has 0 heterocycles. The fourth-order valence-electron chi connectivity index (χ4n) is 1.79. The van der Waals surface area contributed by atoms with Crippen LogP contribution in [-0.2, 0) is 16.6 Å². The van der Waals surface area contributed by atoms with Crippen LogP contribution < -0.4 is 5.73 Å². The van der Waals surface area contributed by atoms with E-state index in [1.54, 1.807) is 18.2 Å². The van der Waals surface area contributed by atoms with Crippen molar-refractivity contribution in [2.75, 3.05) is 5.73 Å². The van der Waals surface area contributed by atoms with Crippen LogP contribution in [0.1, 0.15) is 11.1 Å². The number of nitrogens with two attached hydrogens (primary N) is 1. The zero-order valence-corrected chi connectivity index (χ0v) is 11.8. The highest BCUT2D eigenvalue weighted by Crippen LogP contribution is 2.27. The Morgan fingerprint density at radius 3 is 2.75 bits per heavy atom. The van der Waals surface area contributed by atoms with Crippen molar-refractivity contribution in [3.8, 4) is 6.07 Å². The SMILES string of the molecule is N#Cc1cc(F)cc(CS(=O)c2c(N)cccc2Cl)c1. The van der Waals surface area contributed by atoms with E-state index in [1.807, 2.05) is 6.07 Å². The molecule has 3 nitrogen and oxygen atoms in total. The van der Waals surface area contributed by atoms with Gasteiger partial charge >= 0.3 is 0 Å². The van der Waals surface area contributed by atoms with Gasteiger partial charge in [0.1, 0.15) is 5.82 Å². The van der Waals surface area contributed by atoms with Gasteiger partial charge in [-0.3, -0.25) is 4.21 Å². The van der Waals surface area contributed by atoms with Crippen molar-refractivity contribution in [2.45, 2.75) is 10.6 Å². The van der Waals surface area contributed by atoms with Gasteiger partial charge in [-0.15, -0.1) is 0 Å². The van der Waals surface area contributed by atoms with Crippen LogP contribution in [-0.4, -0.2) is 4.21 Å². The molecule has 0 saturated heterocycles. The molecule has 2 aromatic carbocycles. The summed E-state index contributed by atoms with van der Waals surface area (Å²) in [4.78, 5) is 0.330. The van der Waals surface area contributed by atoms with E-state index in [4.69, 9.17) is 22.6 Å². The Hall–Kier alpha value is -1.90. The third kappa shape index (κ3) is 3.16. The molecule has 0 amide bonds. The normalized spacial score (nSPS) is 11.8. The summed E-state index contributed by atoms with van der Waals surface area (Å²) in [7, 11) is -1.51. The van der Waals surface area contributed by atoms with Crippen molar-refractivity contribution in [3.63, 3.8) is 0 Å². The van der Waals surface area contributed by atoms with Crippen molar-refractivity contribution in [1.82, 2.24) is 0 Å². The molecule has 2 N–H and O–H groups in total. The molecule has 0 spiro atoms. The number of nitrogens with zero attached hydrogens (tertiary/aromatic N) is 1. The fraction of sp³-hybridized carbons (Fsp3) is 0.0714. The average Bonchev–Trinajstić information content (AvgIpc) is 2.37. The smallest absolute Gasteiger partial charge is 0.124 e. The molecule has 20 heavy (non-hydrogen) atoms. The Balaban J connectivity index is 2.33. The molecule has 1 unspecified atom stereocenters. The van der Waals surface area contributed by atoms with E-state index in [1.165, 1.54) is 12.1 Å². The van der Waals surface area contributed by atoms with E-state index >= 15 is 0 Å². The fourth-order valence-corrected chi connectivity index (χ4v) is 3.46. The van der Waals surface area contributed by atoms with Crippen LogP contribution in [0.5, 0.6) is 0 Å². The number of benzene rings is 2. The summed E-state index contributed by atoms with van der Waals surface area (Å²) in [6.45, 7) is 0. The molecule has 0 aliphatic carbocycles. The van der Waals surface area contributed by atoms with Gasteiger partial charge in [0.25, 0.3) is 0 Å². The molecule has 2 rings (SSSR count). The van der Waals surface area contributed by atoms with E-state index in [0.29, 0.717) is 21.2 Å². The quantitative estimate of drug-likeness (QED) is 0.885. The second-order valence-electron chi connectivity index (χ2n) is 4.11. The van der Waals surface area contributed by atoms with E-state index in [2.05, 4.69) is 0 Å². The van der Waals surface area contributed by atoms with Crippen LogP contribution >= 0.6 is 11.6 Å². The first kappa shape index (κ1) is 14.5. The molecule has 0 bridgehead atoms. The van der Waals surface area contributed by atoms with Gasteiger partial charge in [-0.25, -0.2) is 4.39 Å². The van der Waals surface area contributed by atoms with Gasteiger partial charge in [0, 0.05) is 5.69 Å². The first-order valence-corrected chi connectivity index (χ1v) is 7.33. The monoisotopic (exact) mass is 308 g/mol. The summed E-state index contributed by atoms with van der Waals surface area (Å²) in [6, 6.07) is 10.6. The Morgan fingerprint density at radius 1 is 1.35 bits per heavy atom. The molecule has 0 aliphatic heterocycles. The maximum atomic E-state index is 13.3. The van der Waals surface area contributed by atoms with Gasteiger partial charge in [0.05, 0.1) is 38.1 Å². The highest BCUT2D eigenvalue weighted by Gasteiger charge is 2.14. The Morgan fingerprint density at radius 2 is 2.10 bits per heavy atom. The number of nitriles is 1. The van der Waals surface area contributed by atoms with Crippen LogP contribution in [0.25, 0.3) is 0 Å². The number of halogens is 2. The summed E-state index contributed by atoms with van der Waals surface area (Å²) in [5.41, 5.74) is 6.73. The molecule has 0 aromatic heterocycles. The van der Waals surface area contributed by atoms with Crippen LogP contribution in [0.3, 0.4) is 0 Å². The minimum Gasteiger partial charge on any atom is -0.398 e. The predicted octanol–water partition coefficient (Wildman–Crippen LogP) is 3.24. The highest BCUT2D eigenvalue weighted by molar-refractivity contribution is 7.84. The standard InChI is InChI=1S/C14H10ClFN2OS/c15-12-2-1-3-13(18)14(12)20(19)8-10-4-9(7-17)5-11(16)6-10/h1-6H,8,18H2. The topological polar surface area (TPSA) is 66.9 Å². The maximum Gasteiger partial charge on any atom is 0.124 e.